The normalized spacial score (nSPS) is 10.5. The van der Waals surface area contributed by atoms with Gasteiger partial charge in [-0.25, -0.2) is 0 Å². The Kier molecular flexibility index (Phi) is 5.75. The highest BCUT2D eigenvalue weighted by Crippen LogP contribution is 2.09. The van der Waals surface area contributed by atoms with E-state index in [1.807, 2.05) is 13.8 Å². The van der Waals surface area contributed by atoms with E-state index in [1.165, 1.54) is 0 Å². The van der Waals surface area contributed by atoms with Gasteiger partial charge >= 0.3 is 0 Å². The third-order valence-corrected chi connectivity index (χ3v) is 2.77. The van der Waals surface area contributed by atoms with Crippen molar-refractivity contribution in [2.24, 2.45) is 0 Å². The molecule has 0 aliphatic carbocycles. The lowest BCUT2D eigenvalue weighted by molar-refractivity contribution is 0.0778. The minimum atomic E-state index is -1.02. The summed E-state index contributed by atoms with van der Waals surface area (Å²) < 4.78 is 0. The minimum absolute atomic E-state index is 0.0116. The van der Waals surface area contributed by atoms with Crippen LogP contribution in [0, 0.1) is 11.8 Å². The van der Waals surface area contributed by atoms with Gasteiger partial charge in [0.1, 0.15) is 5.60 Å². The van der Waals surface area contributed by atoms with Gasteiger partial charge in [0.2, 0.25) is 0 Å². The van der Waals surface area contributed by atoms with E-state index in [-0.39, 0.29) is 5.91 Å². The van der Waals surface area contributed by atoms with Crippen LogP contribution in [0.4, 0.5) is 0 Å². The summed E-state index contributed by atoms with van der Waals surface area (Å²) in [7, 11) is 0. The topological polar surface area (TPSA) is 40.5 Å². The van der Waals surface area contributed by atoms with Gasteiger partial charge < -0.3 is 10.0 Å². The molecule has 0 atom stereocenters. The molecule has 21 heavy (non-hydrogen) atoms. The van der Waals surface area contributed by atoms with Gasteiger partial charge in [0.25, 0.3) is 5.91 Å². The Balaban J connectivity index is 2.88. The van der Waals surface area contributed by atoms with E-state index >= 15 is 0 Å². The van der Waals surface area contributed by atoms with Crippen molar-refractivity contribution in [2.75, 3.05) is 13.1 Å². The average molecular weight is 285 g/mol. The third-order valence-electron chi connectivity index (χ3n) is 2.77. The molecule has 3 nitrogen and oxygen atoms in total. The number of likely N-dealkylation sites (N-methyl/N-ethyl adjacent to an activating group) is 1. The molecule has 1 aromatic rings. The molecule has 0 spiro atoms. The maximum atomic E-state index is 12.3. The number of carbonyl (C=O) groups is 1. The van der Waals surface area contributed by atoms with Crippen molar-refractivity contribution in [1.82, 2.24) is 4.90 Å². The summed E-state index contributed by atoms with van der Waals surface area (Å²) in [6, 6.07) is 7.11. The average Bonchev–Trinajstić information content (AvgIpc) is 2.41. The summed E-state index contributed by atoms with van der Waals surface area (Å²) >= 11 is 0. The van der Waals surface area contributed by atoms with Gasteiger partial charge in [-0.1, -0.05) is 24.0 Å². The van der Waals surface area contributed by atoms with E-state index in [9.17, 15) is 9.90 Å². The largest absolute Gasteiger partial charge is 0.378 e. The van der Waals surface area contributed by atoms with Crippen LogP contribution < -0.4 is 0 Å². The third kappa shape index (κ3) is 5.85. The second-order valence-corrected chi connectivity index (χ2v) is 5.66. The van der Waals surface area contributed by atoms with Crippen molar-refractivity contribution in [3.05, 3.63) is 47.5 Å². The zero-order valence-corrected chi connectivity index (χ0v) is 13.2. The highest BCUT2D eigenvalue weighted by atomic mass is 16.3. The van der Waals surface area contributed by atoms with Crippen molar-refractivity contribution < 1.29 is 9.90 Å². The van der Waals surface area contributed by atoms with Crippen molar-refractivity contribution in [2.45, 2.75) is 33.3 Å². The summed E-state index contributed by atoms with van der Waals surface area (Å²) in [5, 5.41) is 9.57. The standard InChI is InChI=1S/C18H23NO2/c1-6-19(13-14(2)3)17(20)16-9-7-15(8-10-16)11-12-18(4,5)21/h7-10,21H,2,6,13H2,1,3-5H3. The maximum absolute atomic E-state index is 12.3. The first kappa shape index (κ1) is 17.0. The van der Waals surface area contributed by atoms with Crippen LogP contribution in [0.3, 0.4) is 0 Å². The molecule has 1 amide bonds. The Morgan fingerprint density at radius 1 is 1.33 bits per heavy atom. The number of rotatable bonds is 4. The van der Waals surface area contributed by atoms with Crippen LogP contribution in [0.25, 0.3) is 0 Å². The van der Waals surface area contributed by atoms with Gasteiger partial charge in [0, 0.05) is 24.2 Å². The van der Waals surface area contributed by atoms with Crippen molar-refractivity contribution >= 4 is 5.91 Å². The second-order valence-electron chi connectivity index (χ2n) is 5.66. The van der Waals surface area contributed by atoms with Crippen LogP contribution in [-0.2, 0) is 0 Å². The Hall–Kier alpha value is -2.05. The molecule has 0 unspecified atom stereocenters. The zero-order chi connectivity index (χ0) is 16.0. The van der Waals surface area contributed by atoms with Crippen molar-refractivity contribution in [3.8, 4) is 11.8 Å². The van der Waals surface area contributed by atoms with Crippen molar-refractivity contribution in [1.29, 1.82) is 0 Å². The Morgan fingerprint density at radius 3 is 2.33 bits per heavy atom. The molecule has 0 fully saturated rings. The van der Waals surface area contributed by atoms with Gasteiger partial charge in [0.05, 0.1) is 0 Å². The lowest BCUT2D eigenvalue weighted by Crippen LogP contribution is -2.32. The van der Waals surface area contributed by atoms with E-state index in [4.69, 9.17) is 0 Å². The van der Waals surface area contributed by atoms with Crippen LogP contribution in [0.1, 0.15) is 43.6 Å². The number of hydrogen-bond donors (Lipinski definition) is 1. The lowest BCUT2D eigenvalue weighted by Gasteiger charge is -2.21. The highest BCUT2D eigenvalue weighted by molar-refractivity contribution is 5.94. The van der Waals surface area contributed by atoms with Crippen LogP contribution in [-0.4, -0.2) is 34.6 Å². The first-order valence-electron chi connectivity index (χ1n) is 7.02. The van der Waals surface area contributed by atoms with E-state index in [0.29, 0.717) is 18.7 Å². The van der Waals surface area contributed by atoms with Crippen LogP contribution in [0.15, 0.2) is 36.4 Å². The lowest BCUT2D eigenvalue weighted by atomic mass is 10.1. The first-order valence-corrected chi connectivity index (χ1v) is 7.02. The number of amides is 1. The fourth-order valence-corrected chi connectivity index (χ4v) is 1.76. The smallest absolute Gasteiger partial charge is 0.254 e. The molecular weight excluding hydrogens is 262 g/mol. The quantitative estimate of drug-likeness (QED) is 0.682. The zero-order valence-electron chi connectivity index (χ0n) is 13.2. The first-order chi connectivity index (χ1) is 9.73. The number of carbonyl (C=O) groups excluding carboxylic acids is 1. The van der Waals surface area contributed by atoms with Gasteiger partial charge in [-0.2, -0.15) is 0 Å². The molecule has 112 valence electrons. The second kappa shape index (κ2) is 7.10. The van der Waals surface area contributed by atoms with E-state index in [0.717, 1.165) is 11.1 Å². The van der Waals surface area contributed by atoms with E-state index < -0.39 is 5.60 Å². The molecule has 0 saturated carbocycles. The van der Waals surface area contributed by atoms with E-state index in [2.05, 4.69) is 18.4 Å². The molecule has 0 aliphatic rings. The summed E-state index contributed by atoms with van der Waals surface area (Å²) in [4.78, 5) is 14.1. The molecule has 1 aromatic carbocycles. The molecule has 1 rings (SSSR count). The molecule has 0 heterocycles. The Labute approximate surface area is 127 Å². The fraction of sp³-hybridized carbons (Fsp3) is 0.389. The Morgan fingerprint density at radius 2 is 1.90 bits per heavy atom. The fourth-order valence-electron chi connectivity index (χ4n) is 1.76. The molecule has 0 saturated heterocycles. The predicted molar refractivity (Wildman–Crippen MR) is 86.0 cm³/mol. The summed E-state index contributed by atoms with van der Waals surface area (Å²) in [5.41, 5.74) is 1.34. The monoisotopic (exact) mass is 285 g/mol. The molecule has 0 aromatic heterocycles. The number of nitrogens with zero attached hydrogens (tertiary/aromatic N) is 1. The molecule has 1 N–H and O–H groups in total. The van der Waals surface area contributed by atoms with Gasteiger partial charge in [-0.15, -0.1) is 0 Å². The molecule has 0 radical (unpaired) electrons. The predicted octanol–water partition coefficient (Wildman–Crippen LogP) is 2.85. The van der Waals surface area contributed by atoms with E-state index in [1.54, 1.807) is 43.0 Å². The summed E-state index contributed by atoms with van der Waals surface area (Å²) in [6.45, 7) is 12.2. The van der Waals surface area contributed by atoms with Gasteiger partial charge in [-0.05, 0) is 52.0 Å². The van der Waals surface area contributed by atoms with Crippen molar-refractivity contribution in [3.63, 3.8) is 0 Å². The Bertz CT molecular complexity index is 568. The van der Waals surface area contributed by atoms with Gasteiger partial charge in [-0.3, -0.25) is 4.79 Å². The van der Waals surface area contributed by atoms with Crippen LogP contribution in [0.5, 0.6) is 0 Å². The molecule has 0 aliphatic heterocycles. The van der Waals surface area contributed by atoms with Gasteiger partial charge in [0.15, 0.2) is 0 Å². The molecular formula is C18H23NO2. The number of aliphatic hydroxyl groups is 1. The minimum Gasteiger partial charge on any atom is -0.378 e. The number of benzene rings is 1. The summed E-state index contributed by atoms with van der Waals surface area (Å²) in [5.74, 6) is 5.62. The maximum Gasteiger partial charge on any atom is 0.254 e. The highest BCUT2D eigenvalue weighted by Gasteiger charge is 2.13. The summed E-state index contributed by atoms with van der Waals surface area (Å²) in [6.07, 6.45) is 0. The van der Waals surface area contributed by atoms with Crippen LogP contribution >= 0.6 is 0 Å². The molecule has 0 bridgehead atoms. The number of hydrogen-bond acceptors (Lipinski definition) is 2. The SMILES string of the molecule is C=C(C)CN(CC)C(=O)c1ccc(C#CC(C)(C)O)cc1. The molecule has 3 heteroatoms. The van der Waals surface area contributed by atoms with Crippen LogP contribution in [0.2, 0.25) is 0 Å².